The zero-order valence-electron chi connectivity index (χ0n) is 10.2. The van der Waals surface area contributed by atoms with E-state index in [1.165, 1.54) is 19.1 Å². The zero-order valence-corrected chi connectivity index (χ0v) is 11.0. The first-order valence-corrected chi connectivity index (χ1v) is 5.94. The molecule has 3 nitrogen and oxygen atoms in total. The maximum absolute atomic E-state index is 12.9. The molecule has 0 spiro atoms. The van der Waals surface area contributed by atoms with Crippen molar-refractivity contribution in [1.82, 2.24) is 0 Å². The van der Waals surface area contributed by atoms with Gasteiger partial charge in [0.2, 0.25) is 0 Å². The van der Waals surface area contributed by atoms with Crippen LogP contribution in [0.5, 0.6) is 0 Å². The van der Waals surface area contributed by atoms with Crippen LogP contribution in [0, 0.1) is 11.7 Å². The van der Waals surface area contributed by atoms with E-state index in [-0.39, 0.29) is 23.8 Å². The van der Waals surface area contributed by atoms with Gasteiger partial charge in [0.05, 0.1) is 6.61 Å². The molecule has 1 rings (SSSR count). The van der Waals surface area contributed by atoms with E-state index < -0.39 is 17.7 Å². The fourth-order valence-corrected chi connectivity index (χ4v) is 1.79. The Bertz CT molecular complexity index is 460. The van der Waals surface area contributed by atoms with E-state index in [0.29, 0.717) is 5.56 Å². The standard InChI is InChI=1S/C13H14ClFO3/c1-3-18-13(17)11(8(2)16)6-9-4-5-10(15)7-12(9)14/h4-5,7,11H,3,6H2,1-2H3. The molecule has 1 aromatic carbocycles. The van der Waals surface area contributed by atoms with E-state index in [9.17, 15) is 14.0 Å². The summed E-state index contributed by atoms with van der Waals surface area (Å²) in [6, 6.07) is 3.86. The number of hydrogen-bond acceptors (Lipinski definition) is 3. The molecule has 0 aliphatic carbocycles. The fourth-order valence-electron chi connectivity index (χ4n) is 1.54. The smallest absolute Gasteiger partial charge is 0.316 e. The van der Waals surface area contributed by atoms with Gasteiger partial charge in [0, 0.05) is 5.02 Å². The summed E-state index contributed by atoms with van der Waals surface area (Å²) in [6.07, 6.45) is 0.118. The van der Waals surface area contributed by atoms with E-state index >= 15 is 0 Å². The molecular formula is C13H14ClFO3. The van der Waals surface area contributed by atoms with Gasteiger partial charge in [-0.05, 0) is 38.0 Å². The van der Waals surface area contributed by atoms with Crippen molar-refractivity contribution in [1.29, 1.82) is 0 Å². The highest BCUT2D eigenvalue weighted by Gasteiger charge is 2.25. The first-order chi connectivity index (χ1) is 8.45. The lowest BCUT2D eigenvalue weighted by Crippen LogP contribution is -2.26. The molecule has 0 bridgehead atoms. The van der Waals surface area contributed by atoms with Gasteiger partial charge >= 0.3 is 5.97 Å². The SMILES string of the molecule is CCOC(=O)C(Cc1ccc(F)cc1Cl)C(C)=O. The molecule has 0 heterocycles. The quantitative estimate of drug-likeness (QED) is 0.611. The van der Waals surface area contributed by atoms with Crippen LogP contribution in [-0.4, -0.2) is 18.4 Å². The number of benzene rings is 1. The normalized spacial score (nSPS) is 12.0. The third-order valence-electron chi connectivity index (χ3n) is 2.50. The molecule has 0 radical (unpaired) electrons. The van der Waals surface area contributed by atoms with Gasteiger partial charge in [0.1, 0.15) is 17.5 Å². The maximum Gasteiger partial charge on any atom is 0.316 e. The summed E-state index contributed by atoms with van der Waals surface area (Å²) in [7, 11) is 0. The lowest BCUT2D eigenvalue weighted by atomic mass is 9.96. The molecule has 0 saturated carbocycles. The van der Waals surface area contributed by atoms with Gasteiger partial charge in [-0.2, -0.15) is 0 Å². The van der Waals surface area contributed by atoms with E-state index in [1.54, 1.807) is 6.92 Å². The Labute approximate surface area is 110 Å². The molecule has 0 saturated heterocycles. The predicted molar refractivity (Wildman–Crippen MR) is 65.9 cm³/mol. The summed E-state index contributed by atoms with van der Waals surface area (Å²) in [6.45, 7) is 3.19. The van der Waals surface area contributed by atoms with Crippen molar-refractivity contribution in [2.45, 2.75) is 20.3 Å². The van der Waals surface area contributed by atoms with Crippen molar-refractivity contribution in [3.63, 3.8) is 0 Å². The summed E-state index contributed by atoms with van der Waals surface area (Å²) in [5.41, 5.74) is 0.548. The van der Waals surface area contributed by atoms with Crippen molar-refractivity contribution < 1.29 is 18.7 Å². The van der Waals surface area contributed by atoms with E-state index in [0.717, 1.165) is 6.07 Å². The Morgan fingerprint density at radius 2 is 2.11 bits per heavy atom. The monoisotopic (exact) mass is 272 g/mol. The zero-order chi connectivity index (χ0) is 13.7. The van der Waals surface area contributed by atoms with Crippen molar-refractivity contribution in [2.24, 2.45) is 5.92 Å². The summed E-state index contributed by atoms with van der Waals surface area (Å²) in [5.74, 6) is -2.23. The van der Waals surface area contributed by atoms with Crippen LogP contribution in [0.2, 0.25) is 5.02 Å². The average molecular weight is 273 g/mol. The Kier molecular flexibility index (Phi) is 5.28. The highest BCUT2D eigenvalue weighted by molar-refractivity contribution is 6.31. The van der Waals surface area contributed by atoms with Crippen molar-refractivity contribution >= 4 is 23.4 Å². The lowest BCUT2D eigenvalue weighted by molar-refractivity contribution is -0.151. The number of ether oxygens (including phenoxy) is 1. The first kappa shape index (κ1) is 14.6. The molecule has 1 atom stereocenters. The second kappa shape index (κ2) is 6.50. The summed E-state index contributed by atoms with van der Waals surface area (Å²) < 4.78 is 17.7. The molecule has 0 amide bonds. The van der Waals surface area contributed by atoms with Gasteiger partial charge in [-0.25, -0.2) is 4.39 Å². The highest BCUT2D eigenvalue weighted by atomic mass is 35.5. The van der Waals surface area contributed by atoms with Crippen LogP contribution in [0.1, 0.15) is 19.4 Å². The van der Waals surface area contributed by atoms with Gasteiger partial charge in [0.15, 0.2) is 0 Å². The Balaban J connectivity index is 2.90. The van der Waals surface area contributed by atoms with Crippen LogP contribution >= 0.6 is 11.6 Å². The lowest BCUT2D eigenvalue weighted by Gasteiger charge is -2.13. The van der Waals surface area contributed by atoms with Crippen LogP contribution in [-0.2, 0) is 20.7 Å². The van der Waals surface area contributed by atoms with E-state index in [2.05, 4.69) is 0 Å². The minimum atomic E-state index is -0.895. The third kappa shape index (κ3) is 3.81. The number of Topliss-reactive ketones (excluding diaryl/α,β-unsaturated/α-hetero) is 1. The van der Waals surface area contributed by atoms with E-state index in [1.807, 2.05) is 0 Å². The van der Waals surface area contributed by atoms with Crippen LogP contribution < -0.4 is 0 Å². The summed E-state index contributed by atoms with van der Waals surface area (Å²) in [4.78, 5) is 23.0. The Hall–Kier alpha value is -1.42. The number of carbonyl (C=O) groups excluding carboxylic acids is 2. The number of hydrogen-bond donors (Lipinski definition) is 0. The van der Waals surface area contributed by atoms with Crippen LogP contribution in [0.3, 0.4) is 0 Å². The minimum Gasteiger partial charge on any atom is -0.465 e. The van der Waals surface area contributed by atoms with Gasteiger partial charge in [-0.1, -0.05) is 17.7 Å². The predicted octanol–water partition coefficient (Wildman–Crippen LogP) is 2.79. The maximum atomic E-state index is 12.9. The topological polar surface area (TPSA) is 43.4 Å². The molecule has 98 valence electrons. The second-order valence-corrected chi connectivity index (χ2v) is 4.26. The molecule has 0 aromatic heterocycles. The molecule has 1 aromatic rings. The van der Waals surface area contributed by atoms with Gasteiger partial charge in [-0.3, -0.25) is 9.59 Å². The molecule has 18 heavy (non-hydrogen) atoms. The Morgan fingerprint density at radius 1 is 1.44 bits per heavy atom. The van der Waals surface area contributed by atoms with Crippen LogP contribution in [0.25, 0.3) is 0 Å². The molecule has 1 unspecified atom stereocenters. The minimum absolute atomic E-state index is 0.118. The second-order valence-electron chi connectivity index (χ2n) is 3.86. The fraction of sp³-hybridized carbons (Fsp3) is 0.385. The number of rotatable bonds is 5. The first-order valence-electron chi connectivity index (χ1n) is 5.56. The number of ketones is 1. The average Bonchev–Trinajstić information content (AvgIpc) is 2.27. The van der Waals surface area contributed by atoms with Crippen LogP contribution in [0.15, 0.2) is 18.2 Å². The molecular weight excluding hydrogens is 259 g/mol. The molecule has 0 aliphatic rings. The van der Waals surface area contributed by atoms with Crippen molar-refractivity contribution in [3.8, 4) is 0 Å². The van der Waals surface area contributed by atoms with Gasteiger partial charge in [0.25, 0.3) is 0 Å². The van der Waals surface area contributed by atoms with Gasteiger partial charge < -0.3 is 4.74 Å². The molecule has 5 heteroatoms. The van der Waals surface area contributed by atoms with Gasteiger partial charge in [-0.15, -0.1) is 0 Å². The van der Waals surface area contributed by atoms with Crippen molar-refractivity contribution in [3.05, 3.63) is 34.6 Å². The molecule has 0 aliphatic heterocycles. The summed E-state index contributed by atoms with van der Waals surface area (Å²) in [5, 5.41) is 0.200. The van der Waals surface area contributed by atoms with Crippen molar-refractivity contribution in [2.75, 3.05) is 6.61 Å². The Morgan fingerprint density at radius 3 is 2.61 bits per heavy atom. The molecule has 0 N–H and O–H groups in total. The number of carbonyl (C=O) groups is 2. The van der Waals surface area contributed by atoms with Crippen LogP contribution in [0.4, 0.5) is 4.39 Å². The van der Waals surface area contributed by atoms with E-state index in [4.69, 9.17) is 16.3 Å². The number of halogens is 2. The summed E-state index contributed by atoms with van der Waals surface area (Å²) >= 11 is 5.86. The number of esters is 1. The largest absolute Gasteiger partial charge is 0.465 e. The highest BCUT2D eigenvalue weighted by Crippen LogP contribution is 2.21. The third-order valence-corrected chi connectivity index (χ3v) is 2.85. The molecule has 0 fully saturated rings.